The van der Waals surface area contributed by atoms with Crippen LogP contribution in [0.1, 0.15) is 18.4 Å². The maximum Gasteiger partial charge on any atom is 0.328 e. The molecule has 7 heteroatoms. The predicted octanol–water partition coefficient (Wildman–Crippen LogP) is 3.46. The normalized spacial score (nSPS) is 24.5. The van der Waals surface area contributed by atoms with Crippen molar-refractivity contribution < 1.29 is 17.9 Å². The Balaban J connectivity index is 2.13. The highest BCUT2D eigenvalue weighted by molar-refractivity contribution is 9.10. The summed E-state index contributed by atoms with van der Waals surface area (Å²) in [7, 11) is -3.89. The predicted molar refractivity (Wildman–Crippen MR) is 99.0 cm³/mol. The van der Waals surface area contributed by atoms with Gasteiger partial charge in [0, 0.05) is 10.4 Å². The first kappa shape index (κ1) is 18.6. The quantitative estimate of drug-likeness (QED) is 0.673. The molecule has 0 aromatic heterocycles. The number of hydrogen-bond donors (Lipinski definition) is 0. The molecule has 0 amide bonds. The summed E-state index contributed by atoms with van der Waals surface area (Å²) >= 11 is 3.33. The Hall–Kier alpha value is -2.17. The molecule has 0 spiro atoms. The highest BCUT2D eigenvalue weighted by atomic mass is 79.9. The summed E-state index contributed by atoms with van der Waals surface area (Å²) in [4.78, 5) is 12.7. The van der Waals surface area contributed by atoms with E-state index in [4.69, 9.17) is 4.74 Å². The summed E-state index contributed by atoms with van der Waals surface area (Å²) in [6, 6.07) is 16.8. The van der Waals surface area contributed by atoms with Gasteiger partial charge in [-0.3, -0.25) is 4.79 Å². The van der Waals surface area contributed by atoms with E-state index in [1.54, 1.807) is 49.4 Å². The standard InChI is InChI=1S/C19H16BrNO4S/c1-2-25-18(22)19(12-21)16(13-8-10-14(20)11-9-13)17(19)26(23,24)15-6-4-3-5-7-15/h3-11,16-17H,2H2,1H3/t16-,17+,19-/m1/s1. The lowest BCUT2D eigenvalue weighted by atomic mass is 10.0. The third-order valence-corrected chi connectivity index (χ3v) is 7.34. The van der Waals surface area contributed by atoms with E-state index < -0.39 is 32.4 Å². The second kappa shape index (κ2) is 6.86. The van der Waals surface area contributed by atoms with Gasteiger partial charge in [-0.25, -0.2) is 8.42 Å². The molecule has 2 aromatic carbocycles. The van der Waals surface area contributed by atoms with E-state index in [0.717, 1.165) is 4.47 Å². The summed E-state index contributed by atoms with van der Waals surface area (Å²) in [5, 5.41) is 8.62. The van der Waals surface area contributed by atoms with Gasteiger partial charge < -0.3 is 4.74 Å². The molecule has 3 atom stereocenters. The number of carbonyl (C=O) groups is 1. The minimum absolute atomic E-state index is 0.0768. The molecule has 26 heavy (non-hydrogen) atoms. The zero-order chi connectivity index (χ0) is 18.9. The van der Waals surface area contributed by atoms with Gasteiger partial charge in [-0.2, -0.15) is 5.26 Å². The van der Waals surface area contributed by atoms with Crippen LogP contribution in [0, 0.1) is 16.7 Å². The minimum atomic E-state index is -3.89. The topological polar surface area (TPSA) is 84.2 Å². The van der Waals surface area contributed by atoms with Gasteiger partial charge in [-0.15, -0.1) is 0 Å². The Morgan fingerprint density at radius 3 is 2.35 bits per heavy atom. The van der Waals surface area contributed by atoms with Gasteiger partial charge in [-0.05, 0) is 36.8 Å². The SMILES string of the molecule is CCOC(=O)[C@]1(C#N)[C@H](c2ccc(Br)cc2)[C@@H]1S(=O)(=O)c1ccccc1. The molecule has 0 N–H and O–H groups in total. The van der Waals surface area contributed by atoms with Gasteiger partial charge in [0.15, 0.2) is 15.3 Å². The fraction of sp³-hybridized carbons (Fsp3) is 0.263. The number of rotatable bonds is 5. The molecule has 0 heterocycles. The summed E-state index contributed by atoms with van der Waals surface area (Å²) < 4.78 is 32.2. The molecular formula is C19H16BrNO4S. The molecule has 3 rings (SSSR count). The van der Waals surface area contributed by atoms with Crippen molar-refractivity contribution in [1.82, 2.24) is 0 Å². The zero-order valence-electron chi connectivity index (χ0n) is 13.9. The van der Waals surface area contributed by atoms with E-state index in [1.807, 2.05) is 6.07 Å². The largest absolute Gasteiger partial charge is 0.465 e. The van der Waals surface area contributed by atoms with Crippen LogP contribution in [0.2, 0.25) is 0 Å². The number of ether oxygens (including phenoxy) is 1. The molecule has 1 fully saturated rings. The monoisotopic (exact) mass is 433 g/mol. The summed E-state index contributed by atoms with van der Waals surface area (Å²) in [6.45, 7) is 1.70. The maximum absolute atomic E-state index is 13.2. The third-order valence-electron chi connectivity index (χ3n) is 4.57. The number of nitriles is 1. The van der Waals surface area contributed by atoms with Crippen LogP contribution < -0.4 is 0 Å². The lowest BCUT2D eigenvalue weighted by molar-refractivity contribution is -0.147. The van der Waals surface area contributed by atoms with E-state index in [9.17, 15) is 18.5 Å². The molecule has 1 aliphatic rings. The number of carbonyl (C=O) groups excluding carboxylic acids is 1. The van der Waals surface area contributed by atoms with E-state index in [1.165, 1.54) is 12.1 Å². The van der Waals surface area contributed by atoms with Crippen LogP contribution in [0.5, 0.6) is 0 Å². The van der Waals surface area contributed by atoms with Crippen molar-refractivity contribution in [3.8, 4) is 6.07 Å². The van der Waals surface area contributed by atoms with Crippen molar-refractivity contribution in [3.63, 3.8) is 0 Å². The number of esters is 1. The molecule has 0 aliphatic heterocycles. The number of hydrogen-bond acceptors (Lipinski definition) is 5. The first-order valence-electron chi connectivity index (χ1n) is 8.02. The van der Waals surface area contributed by atoms with E-state index in [0.29, 0.717) is 5.56 Å². The van der Waals surface area contributed by atoms with Gasteiger partial charge in [0.2, 0.25) is 0 Å². The van der Waals surface area contributed by atoms with Gasteiger partial charge in [0.25, 0.3) is 0 Å². The molecule has 0 bridgehead atoms. The number of sulfone groups is 1. The van der Waals surface area contributed by atoms with E-state index >= 15 is 0 Å². The maximum atomic E-state index is 13.2. The molecular weight excluding hydrogens is 418 g/mol. The second-order valence-electron chi connectivity index (χ2n) is 6.01. The van der Waals surface area contributed by atoms with E-state index in [2.05, 4.69) is 15.9 Å². The first-order valence-corrected chi connectivity index (χ1v) is 10.4. The molecule has 0 radical (unpaired) electrons. The molecule has 1 aliphatic carbocycles. The highest BCUT2D eigenvalue weighted by Gasteiger charge is 2.77. The summed E-state index contributed by atoms with van der Waals surface area (Å²) in [5.41, 5.74) is -1.12. The van der Waals surface area contributed by atoms with E-state index in [-0.39, 0.29) is 11.5 Å². The summed E-state index contributed by atoms with van der Waals surface area (Å²) in [6.07, 6.45) is 0. The zero-order valence-corrected chi connectivity index (χ0v) is 16.3. The van der Waals surface area contributed by atoms with Crippen molar-refractivity contribution in [2.24, 2.45) is 5.41 Å². The van der Waals surface area contributed by atoms with Crippen molar-refractivity contribution in [1.29, 1.82) is 5.26 Å². The van der Waals surface area contributed by atoms with Crippen LogP contribution in [0.15, 0.2) is 64.0 Å². The van der Waals surface area contributed by atoms with Crippen LogP contribution in [0.25, 0.3) is 0 Å². The molecule has 0 saturated heterocycles. The van der Waals surface area contributed by atoms with Crippen LogP contribution in [-0.2, 0) is 19.4 Å². The fourth-order valence-corrected chi connectivity index (χ4v) is 5.85. The lowest BCUT2D eigenvalue weighted by Crippen LogP contribution is -2.25. The first-order chi connectivity index (χ1) is 12.4. The molecule has 2 aromatic rings. The average molecular weight is 434 g/mol. The average Bonchev–Trinajstić information content (AvgIpc) is 3.35. The number of nitrogens with zero attached hydrogens (tertiary/aromatic N) is 1. The van der Waals surface area contributed by atoms with Gasteiger partial charge in [0.1, 0.15) is 5.25 Å². The summed E-state index contributed by atoms with van der Waals surface area (Å²) in [5.74, 6) is -1.57. The molecule has 1 saturated carbocycles. The second-order valence-corrected chi connectivity index (χ2v) is 8.99. The smallest absolute Gasteiger partial charge is 0.328 e. The Kier molecular flexibility index (Phi) is 4.91. The molecule has 134 valence electrons. The van der Waals surface area contributed by atoms with Crippen molar-refractivity contribution in [3.05, 3.63) is 64.6 Å². The Morgan fingerprint density at radius 2 is 1.81 bits per heavy atom. The number of benzene rings is 2. The highest BCUT2D eigenvalue weighted by Crippen LogP contribution is 2.64. The van der Waals surface area contributed by atoms with Crippen LogP contribution >= 0.6 is 15.9 Å². The van der Waals surface area contributed by atoms with Gasteiger partial charge in [-0.1, -0.05) is 46.3 Å². The van der Waals surface area contributed by atoms with Gasteiger partial charge in [0.05, 0.1) is 17.6 Å². The van der Waals surface area contributed by atoms with Crippen molar-refractivity contribution >= 4 is 31.7 Å². The minimum Gasteiger partial charge on any atom is -0.465 e. The van der Waals surface area contributed by atoms with Crippen LogP contribution in [-0.4, -0.2) is 26.2 Å². The van der Waals surface area contributed by atoms with Crippen LogP contribution in [0.3, 0.4) is 0 Å². The van der Waals surface area contributed by atoms with Gasteiger partial charge >= 0.3 is 5.97 Å². The Labute approximate surface area is 160 Å². The fourth-order valence-electron chi connectivity index (χ4n) is 3.32. The number of halogens is 1. The lowest BCUT2D eigenvalue weighted by Gasteiger charge is -2.09. The van der Waals surface area contributed by atoms with Crippen molar-refractivity contribution in [2.75, 3.05) is 6.61 Å². The van der Waals surface area contributed by atoms with Crippen LogP contribution in [0.4, 0.5) is 0 Å². The molecule has 0 unspecified atom stereocenters. The van der Waals surface area contributed by atoms with Crippen molar-refractivity contribution in [2.45, 2.75) is 23.0 Å². The molecule has 5 nitrogen and oxygen atoms in total. The Morgan fingerprint density at radius 1 is 1.19 bits per heavy atom. The third kappa shape index (κ3) is 2.83. The Bertz CT molecular complexity index is 967.